The van der Waals surface area contributed by atoms with Crippen LogP contribution in [-0.4, -0.2) is 20.0 Å². The quantitative estimate of drug-likeness (QED) is 0.657. The summed E-state index contributed by atoms with van der Waals surface area (Å²) < 4.78 is 7.65. The van der Waals surface area contributed by atoms with Gasteiger partial charge in [-0.05, 0) is 32.8 Å². The fourth-order valence-electron chi connectivity index (χ4n) is 2.87. The van der Waals surface area contributed by atoms with Gasteiger partial charge < -0.3 is 15.5 Å². The van der Waals surface area contributed by atoms with Crippen molar-refractivity contribution in [2.75, 3.05) is 5.32 Å². The molecule has 8 heteroatoms. The van der Waals surface area contributed by atoms with E-state index in [4.69, 9.17) is 10.2 Å². The molecular weight excluding hydrogens is 352 g/mol. The predicted octanol–water partition coefficient (Wildman–Crippen LogP) is 3.18. The van der Waals surface area contributed by atoms with Crippen molar-refractivity contribution in [2.24, 2.45) is 5.73 Å². The van der Waals surface area contributed by atoms with Crippen molar-refractivity contribution in [3.63, 3.8) is 0 Å². The molecule has 0 aliphatic heterocycles. The van der Waals surface area contributed by atoms with Gasteiger partial charge in [0, 0.05) is 24.3 Å². The lowest BCUT2D eigenvalue weighted by atomic mass is 10.1. The summed E-state index contributed by atoms with van der Waals surface area (Å²) in [6.45, 7) is 7.59. The van der Waals surface area contributed by atoms with Crippen molar-refractivity contribution in [1.29, 1.82) is 0 Å². The van der Waals surface area contributed by atoms with Crippen molar-refractivity contribution in [3.05, 3.63) is 58.7 Å². The van der Waals surface area contributed by atoms with Gasteiger partial charge in [0.15, 0.2) is 0 Å². The minimum Gasteiger partial charge on any atom is -0.406 e. The van der Waals surface area contributed by atoms with Gasteiger partial charge in [0.1, 0.15) is 0 Å². The second-order valence-electron chi connectivity index (χ2n) is 6.06. The van der Waals surface area contributed by atoms with Gasteiger partial charge in [0.05, 0.1) is 11.7 Å². The highest BCUT2D eigenvalue weighted by molar-refractivity contribution is 5.85. The molecule has 0 saturated heterocycles. The Labute approximate surface area is 159 Å². The van der Waals surface area contributed by atoms with E-state index in [0.717, 1.165) is 29.1 Å². The van der Waals surface area contributed by atoms with Crippen LogP contribution in [0.2, 0.25) is 0 Å². The van der Waals surface area contributed by atoms with E-state index in [2.05, 4.69) is 34.5 Å². The second kappa shape index (κ2) is 8.82. The number of halogens is 1. The Hall–Kier alpha value is -2.38. The van der Waals surface area contributed by atoms with E-state index in [1.165, 1.54) is 0 Å². The third-order valence-electron chi connectivity index (χ3n) is 4.30. The van der Waals surface area contributed by atoms with Gasteiger partial charge >= 0.3 is 6.01 Å². The zero-order chi connectivity index (χ0) is 17.8. The van der Waals surface area contributed by atoms with Crippen molar-refractivity contribution < 1.29 is 4.42 Å². The second-order valence-corrected chi connectivity index (χ2v) is 6.06. The molecule has 0 unspecified atom stereocenters. The summed E-state index contributed by atoms with van der Waals surface area (Å²) in [4.78, 5) is 0. The Morgan fingerprint density at radius 2 is 1.92 bits per heavy atom. The third-order valence-corrected chi connectivity index (χ3v) is 4.30. The molecule has 0 spiro atoms. The van der Waals surface area contributed by atoms with E-state index in [9.17, 15) is 0 Å². The summed E-state index contributed by atoms with van der Waals surface area (Å²) in [7, 11) is 0. The molecule has 0 bridgehead atoms. The molecule has 2 aromatic heterocycles. The average Bonchev–Trinajstić information content (AvgIpc) is 3.19. The summed E-state index contributed by atoms with van der Waals surface area (Å²) in [6.07, 6.45) is 0.657. The normalized spacial score (nSPS) is 11.8. The third kappa shape index (κ3) is 4.42. The highest BCUT2D eigenvalue weighted by atomic mass is 35.5. The molecule has 26 heavy (non-hydrogen) atoms. The van der Waals surface area contributed by atoms with E-state index in [-0.39, 0.29) is 18.4 Å². The lowest BCUT2D eigenvalue weighted by Crippen LogP contribution is -2.13. The number of aromatic nitrogens is 4. The van der Waals surface area contributed by atoms with Crippen LogP contribution in [-0.2, 0) is 19.5 Å². The number of nitrogens with one attached hydrogen (secondary N) is 1. The Bertz CT molecular complexity index is 830. The first-order chi connectivity index (χ1) is 12.1. The Balaban J connectivity index is 0.00000243. The highest BCUT2D eigenvalue weighted by Gasteiger charge is 2.16. The minimum absolute atomic E-state index is 0. The van der Waals surface area contributed by atoms with Gasteiger partial charge in [-0.1, -0.05) is 35.4 Å². The maximum Gasteiger partial charge on any atom is 0.315 e. The van der Waals surface area contributed by atoms with Crippen LogP contribution in [0.4, 0.5) is 6.01 Å². The van der Waals surface area contributed by atoms with Crippen LogP contribution in [0, 0.1) is 13.8 Å². The fraction of sp³-hybridized carbons (Fsp3) is 0.389. The average molecular weight is 377 g/mol. The molecule has 1 aromatic carbocycles. The van der Waals surface area contributed by atoms with Crippen LogP contribution in [0.3, 0.4) is 0 Å². The molecular formula is C18H25ClN6O. The number of hydrogen-bond donors (Lipinski definition) is 2. The zero-order valence-corrected chi connectivity index (χ0v) is 16.1. The number of nitrogens with two attached hydrogens (primary N) is 1. The summed E-state index contributed by atoms with van der Waals surface area (Å²) in [5, 5.41) is 15.8. The number of benzene rings is 1. The fourth-order valence-corrected chi connectivity index (χ4v) is 2.87. The van der Waals surface area contributed by atoms with Crippen molar-refractivity contribution in [2.45, 2.75) is 46.3 Å². The lowest BCUT2D eigenvalue weighted by Gasteiger charge is -2.07. The molecule has 3 rings (SSSR count). The number of anilines is 1. The first-order valence-electron chi connectivity index (χ1n) is 8.48. The van der Waals surface area contributed by atoms with Crippen LogP contribution in [0.25, 0.3) is 0 Å². The molecule has 3 N–H and O–H groups in total. The van der Waals surface area contributed by atoms with Gasteiger partial charge in [-0.2, -0.15) is 5.10 Å². The van der Waals surface area contributed by atoms with Gasteiger partial charge in [-0.3, -0.25) is 4.68 Å². The molecule has 0 aliphatic carbocycles. The SMILES string of the molecule is CCn1nc(C)c(CNc2nnc([C@H](N)Cc3ccccc3)o2)c1C.Cl. The van der Waals surface area contributed by atoms with E-state index in [1.54, 1.807) is 0 Å². The van der Waals surface area contributed by atoms with Gasteiger partial charge in [0.25, 0.3) is 0 Å². The summed E-state index contributed by atoms with van der Waals surface area (Å²) in [5.74, 6) is 0.434. The number of rotatable bonds is 7. The maximum atomic E-state index is 6.18. The van der Waals surface area contributed by atoms with Gasteiger partial charge in [0.2, 0.25) is 5.89 Å². The number of hydrogen-bond acceptors (Lipinski definition) is 6. The molecule has 0 aliphatic rings. The largest absolute Gasteiger partial charge is 0.406 e. The monoisotopic (exact) mass is 376 g/mol. The van der Waals surface area contributed by atoms with E-state index < -0.39 is 0 Å². The summed E-state index contributed by atoms with van der Waals surface area (Å²) in [5.41, 5.74) is 10.6. The molecule has 140 valence electrons. The molecule has 3 aromatic rings. The topological polar surface area (TPSA) is 94.8 Å². The van der Waals surface area contributed by atoms with E-state index >= 15 is 0 Å². The molecule has 0 amide bonds. The molecule has 7 nitrogen and oxygen atoms in total. The van der Waals surface area contributed by atoms with Crippen LogP contribution in [0.15, 0.2) is 34.7 Å². The molecule has 0 radical (unpaired) electrons. The standard InChI is InChI=1S/C18H24N6O.ClH/c1-4-24-13(3)15(12(2)23-24)11-20-18-22-21-17(25-18)16(19)10-14-8-6-5-7-9-14;/h5-9,16H,4,10-11,19H2,1-3H3,(H,20,22);1H/t16-;/m1./s1. The van der Waals surface area contributed by atoms with Crippen LogP contribution in [0.1, 0.15) is 41.4 Å². The minimum atomic E-state index is -0.322. The number of nitrogens with zero attached hydrogens (tertiary/aromatic N) is 4. The maximum absolute atomic E-state index is 6.18. The van der Waals surface area contributed by atoms with Crippen molar-refractivity contribution in [1.82, 2.24) is 20.0 Å². The zero-order valence-electron chi connectivity index (χ0n) is 15.3. The van der Waals surface area contributed by atoms with Crippen LogP contribution in [0.5, 0.6) is 0 Å². The first-order valence-corrected chi connectivity index (χ1v) is 8.48. The number of aryl methyl sites for hydroxylation is 2. The highest BCUT2D eigenvalue weighted by Crippen LogP contribution is 2.19. The van der Waals surface area contributed by atoms with Crippen LogP contribution >= 0.6 is 12.4 Å². The lowest BCUT2D eigenvalue weighted by molar-refractivity contribution is 0.456. The van der Waals surface area contributed by atoms with E-state index in [0.29, 0.717) is 24.9 Å². The Morgan fingerprint density at radius 1 is 1.19 bits per heavy atom. The van der Waals surface area contributed by atoms with E-state index in [1.807, 2.05) is 41.9 Å². The van der Waals surface area contributed by atoms with Crippen LogP contribution < -0.4 is 11.1 Å². The summed E-state index contributed by atoms with van der Waals surface area (Å²) >= 11 is 0. The smallest absolute Gasteiger partial charge is 0.315 e. The van der Waals surface area contributed by atoms with Gasteiger partial charge in [-0.25, -0.2) is 0 Å². The predicted molar refractivity (Wildman–Crippen MR) is 103 cm³/mol. The van der Waals surface area contributed by atoms with Crippen molar-refractivity contribution >= 4 is 18.4 Å². The molecule has 0 saturated carbocycles. The Kier molecular flexibility index (Phi) is 6.76. The van der Waals surface area contributed by atoms with Gasteiger partial charge in [-0.15, -0.1) is 17.5 Å². The first kappa shape index (κ1) is 19.9. The summed E-state index contributed by atoms with van der Waals surface area (Å²) in [6, 6.07) is 10.1. The molecule has 0 fully saturated rings. The molecule has 2 heterocycles. The Morgan fingerprint density at radius 3 is 2.58 bits per heavy atom. The molecule has 1 atom stereocenters. The van der Waals surface area contributed by atoms with Crippen molar-refractivity contribution in [3.8, 4) is 0 Å².